The Bertz CT molecular complexity index is 381. The first-order chi connectivity index (χ1) is 9.16. The molecule has 2 rings (SSSR count). The minimum Gasteiger partial charge on any atom is -0.371 e. The molecule has 0 aromatic carbocycles. The molecule has 1 aliphatic rings. The van der Waals surface area contributed by atoms with E-state index >= 15 is 0 Å². The zero-order valence-electron chi connectivity index (χ0n) is 12.4. The Labute approximate surface area is 120 Å². The Morgan fingerprint density at radius 3 is 2.58 bits per heavy atom. The second-order valence-electron chi connectivity index (χ2n) is 5.78. The summed E-state index contributed by atoms with van der Waals surface area (Å²) >= 11 is 1.82. The number of methoxy groups -OCH3 is 1. The van der Waals surface area contributed by atoms with E-state index in [0.29, 0.717) is 6.04 Å². The van der Waals surface area contributed by atoms with E-state index in [0.717, 1.165) is 19.4 Å². The molecule has 0 atom stereocenters. The van der Waals surface area contributed by atoms with Gasteiger partial charge < -0.3 is 10.1 Å². The monoisotopic (exact) mass is 282 g/mol. The van der Waals surface area contributed by atoms with Crippen LogP contribution in [0.25, 0.3) is 0 Å². The fourth-order valence-corrected chi connectivity index (χ4v) is 3.80. The highest BCUT2D eigenvalue weighted by molar-refractivity contribution is 7.11. The molecule has 1 aliphatic carbocycles. The fraction of sp³-hybridized carbons (Fsp3) is 0.800. The van der Waals surface area contributed by atoms with Crippen molar-refractivity contribution in [2.75, 3.05) is 7.11 Å². The number of hydrogen-bond donors (Lipinski definition) is 1. The zero-order valence-corrected chi connectivity index (χ0v) is 13.2. The smallest absolute Gasteiger partial charge is 0.125 e. The van der Waals surface area contributed by atoms with Gasteiger partial charge in [0.2, 0.25) is 0 Å². The van der Waals surface area contributed by atoms with Gasteiger partial charge in [0.15, 0.2) is 0 Å². The first kappa shape index (κ1) is 14.9. The Balaban J connectivity index is 2.09. The maximum absolute atomic E-state index is 5.91. The lowest BCUT2D eigenvalue weighted by atomic mass is 9.95. The molecule has 0 bridgehead atoms. The predicted molar refractivity (Wildman–Crippen MR) is 80.5 cm³/mol. The molecule has 0 spiro atoms. The van der Waals surface area contributed by atoms with Crippen LogP contribution in [0.3, 0.4) is 0 Å². The first-order valence-corrected chi connectivity index (χ1v) is 8.22. The Kier molecular flexibility index (Phi) is 5.37. The highest BCUT2D eigenvalue weighted by atomic mass is 32.1. The molecule has 108 valence electrons. The van der Waals surface area contributed by atoms with Crippen molar-refractivity contribution in [1.82, 2.24) is 10.3 Å². The first-order valence-electron chi connectivity index (χ1n) is 7.40. The average molecular weight is 282 g/mol. The summed E-state index contributed by atoms with van der Waals surface area (Å²) in [4.78, 5) is 5.97. The van der Waals surface area contributed by atoms with Gasteiger partial charge in [-0.15, -0.1) is 11.3 Å². The summed E-state index contributed by atoms with van der Waals surface area (Å²) in [5.41, 5.74) is -0.114. The van der Waals surface area contributed by atoms with Crippen molar-refractivity contribution in [2.45, 2.75) is 70.6 Å². The van der Waals surface area contributed by atoms with Gasteiger partial charge in [-0.3, -0.25) is 0 Å². The molecule has 0 amide bonds. The van der Waals surface area contributed by atoms with Crippen LogP contribution in [0.15, 0.2) is 6.20 Å². The van der Waals surface area contributed by atoms with Crippen molar-refractivity contribution in [3.8, 4) is 0 Å². The van der Waals surface area contributed by atoms with Gasteiger partial charge in [-0.1, -0.05) is 39.5 Å². The predicted octanol–water partition coefficient (Wildman–Crippen LogP) is 3.84. The van der Waals surface area contributed by atoms with Gasteiger partial charge in [-0.05, 0) is 12.8 Å². The Morgan fingerprint density at radius 2 is 2.00 bits per heavy atom. The minimum atomic E-state index is -0.114. The standard InChI is InChI=1S/C15H26N2OS/c1-12(2)16-10-13-11-17-14(19-13)15(18-3)8-6-4-5-7-9-15/h11-12,16H,4-10H2,1-3H3. The summed E-state index contributed by atoms with van der Waals surface area (Å²) in [5.74, 6) is 0. The van der Waals surface area contributed by atoms with Crippen LogP contribution in [0, 0.1) is 0 Å². The molecule has 1 fully saturated rings. The number of rotatable bonds is 5. The maximum atomic E-state index is 5.91. The van der Waals surface area contributed by atoms with Crippen molar-refractivity contribution in [2.24, 2.45) is 0 Å². The molecule has 0 radical (unpaired) electrons. The van der Waals surface area contributed by atoms with Crippen LogP contribution in [-0.2, 0) is 16.9 Å². The molecule has 1 saturated carbocycles. The molecule has 4 heteroatoms. The van der Waals surface area contributed by atoms with Gasteiger partial charge in [0.1, 0.15) is 10.6 Å². The highest BCUT2D eigenvalue weighted by Crippen LogP contribution is 2.40. The van der Waals surface area contributed by atoms with Crippen molar-refractivity contribution in [3.05, 3.63) is 16.1 Å². The summed E-state index contributed by atoms with van der Waals surface area (Å²) < 4.78 is 5.91. The average Bonchev–Trinajstić information content (AvgIpc) is 2.74. The molecule has 3 nitrogen and oxygen atoms in total. The van der Waals surface area contributed by atoms with Crippen LogP contribution in [0.5, 0.6) is 0 Å². The third kappa shape index (κ3) is 3.77. The van der Waals surface area contributed by atoms with Gasteiger partial charge >= 0.3 is 0 Å². The molecule has 1 aromatic heterocycles. The molecule has 1 aromatic rings. The largest absolute Gasteiger partial charge is 0.371 e. The zero-order chi connectivity index (χ0) is 13.7. The number of thiazole rings is 1. The summed E-state index contributed by atoms with van der Waals surface area (Å²) in [5, 5.41) is 4.63. The SMILES string of the molecule is COC1(c2ncc(CNC(C)C)s2)CCCCCC1. The van der Waals surface area contributed by atoms with Gasteiger partial charge in [0, 0.05) is 30.8 Å². The third-order valence-corrected chi connectivity index (χ3v) is 5.11. The molecule has 0 aliphatic heterocycles. The van der Waals surface area contributed by atoms with E-state index in [9.17, 15) is 0 Å². The summed E-state index contributed by atoms with van der Waals surface area (Å²) in [6.45, 7) is 5.25. The lowest BCUT2D eigenvalue weighted by Crippen LogP contribution is -2.27. The van der Waals surface area contributed by atoms with Crippen LogP contribution in [-0.4, -0.2) is 18.1 Å². The fourth-order valence-electron chi connectivity index (χ4n) is 2.71. The molecule has 1 N–H and O–H groups in total. The van der Waals surface area contributed by atoms with Crippen LogP contribution in [0.2, 0.25) is 0 Å². The van der Waals surface area contributed by atoms with E-state index in [1.54, 1.807) is 0 Å². The molecule has 0 unspecified atom stereocenters. The van der Waals surface area contributed by atoms with Gasteiger partial charge in [0.25, 0.3) is 0 Å². The van der Waals surface area contributed by atoms with Gasteiger partial charge in [-0.2, -0.15) is 0 Å². The van der Waals surface area contributed by atoms with E-state index in [2.05, 4.69) is 24.1 Å². The number of nitrogens with one attached hydrogen (secondary N) is 1. The van der Waals surface area contributed by atoms with E-state index in [1.165, 1.54) is 35.6 Å². The van der Waals surface area contributed by atoms with E-state index in [1.807, 2.05) is 24.6 Å². The van der Waals surface area contributed by atoms with Gasteiger partial charge in [0.05, 0.1) is 0 Å². The van der Waals surface area contributed by atoms with Crippen LogP contribution >= 0.6 is 11.3 Å². The van der Waals surface area contributed by atoms with Crippen LogP contribution in [0.1, 0.15) is 62.3 Å². The lowest BCUT2D eigenvalue weighted by Gasteiger charge is -2.29. The third-order valence-electron chi connectivity index (χ3n) is 3.93. The quantitative estimate of drug-likeness (QED) is 0.833. The van der Waals surface area contributed by atoms with E-state index in [4.69, 9.17) is 4.74 Å². The summed E-state index contributed by atoms with van der Waals surface area (Å²) in [6.07, 6.45) is 9.43. The molecule has 19 heavy (non-hydrogen) atoms. The molecular weight excluding hydrogens is 256 g/mol. The number of hydrogen-bond acceptors (Lipinski definition) is 4. The number of nitrogens with zero attached hydrogens (tertiary/aromatic N) is 1. The lowest BCUT2D eigenvalue weighted by molar-refractivity contribution is -0.0279. The molecular formula is C15H26N2OS. The normalized spacial score (nSPS) is 19.6. The minimum absolute atomic E-state index is 0.114. The van der Waals surface area contributed by atoms with Crippen molar-refractivity contribution < 1.29 is 4.74 Å². The Morgan fingerprint density at radius 1 is 1.32 bits per heavy atom. The van der Waals surface area contributed by atoms with Crippen molar-refractivity contribution in [1.29, 1.82) is 0 Å². The topological polar surface area (TPSA) is 34.1 Å². The summed E-state index contributed by atoms with van der Waals surface area (Å²) in [6, 6.07) is 0.514. The van der Waals surface area contributed by atoms with Crippen LogP contribution < -0.4 is 5.32 Å². The number of ether oxygens (including phenoxy) is 1. The van der Waals surface area contributed by atoms with Crippen molar-refractivity contribution >= 4 is 11.3 Å². The van der Waals surface area contributed by atoms with Gasteiger partial charge in [-0.25, -0.2) is 4.98 Å². The number of aromatic nitrogens is 1. The van der Waals surface area contributed by atoms with Crippen LogP contribution in [0.4, 0.5) is 0 Å². The van der Waals surface area contributed by atoms with E-state index in [-0.39, 0.29) is 5.60 Å². The summed E-state index contributed by atoms with van der Waals surface area (Å²) in [7, 11) is 1.85. The molecule has 1 heterocycles. The van der Waals surface area contributed by atoms with Crippen molar-refractivity contribution in [3.63, 3.8) is 0 Å². The Hall–Kier alpha value is -0.450. The second kappa shape index (κ2) is 6.82. The molecule has 0 saturated heterocycles. The van der Waals surface area contributed by atoms with E-state index < -0.39 is 0 Å². The second-order valence-corrected chi connectivity index (χ2v) is 6.90. The maximum Gasteiger partial charge on any atom is 0.125 e. The highest BCUT2D eigenvalue weighted by Gasteiger charge is 2.35.